The first-order chi connectivity index (χ1) is 5.25. The monoisotopic (exact) mass is 155 g/mol. The molecule has 5 heteroatoms. The number of hydrogen-bond acceptors (Lipinski definition) is 3. The first-order valence-electron chi connectivity index (χ1n) is 3.50. The molecule has 1 fully saturated rings. The smallest absolute Gasteiger partial charge is 0.161 e. The minimum absolute atomic E-state index is 0.214. The van der Waals surface area contributed by atoms with Crippen LogP contribution in [0.1, 0.15) is 19.3 Å². The van der Waals surface area contributed by atoms with Gasteiger partial charge in [-0.3, -0.25) is 4.79 Å². The molecule has 60 valence electrons. The maximum Gasteiger partial charge on any atom is 0.161 e. The van der Waals surface area contributed by atoms with Crippen molar-refractivity contribution >= 4 is 5.78 Å². The van der Waals surface area contributed by atoms with Gasteiger partial charge in [0.1, 0.15) is 6.10 Å². The van der Waals surface area contributed by atoms with E-state index < -0.39 is 12.1 Å². The van der Waals surface area contributed by atoms with Crippen LogP contribution in [0.3, 0.4) is 0 Å². The lowest BCUT2D eigenvalue weighted by molar-refractivity contribution is -0.130. The number of ketones is 1. The summed E-state index contributed by atoms with van der Waals surface area (Å²) in [4.78, 5) is 13.4. The van der Waals surface area contributed by atoms with Gasteiger partial charge in [0.2, 0.25) is 0 Å². The Labute approximate surface area is 63.6 Å². The molecular formula is C6H9N3O2. The Bertz CT molecular complexity index is 210. The zero-order valence-corrected chi connectivity index (χ0v) is 5.97. The summed E-state index contributed by atoms with van der Waals surface area (Å²) in [6, 6.07) is -0.541. The lowest BCUT2D eigenvalue weighted by Gasteiger charge is -2.21. The van der Waals surface area contributed by atoms with Crippen molar-refractivity contribution in [3.05, 3.63) is 10.4 Å². The second-order valence-electron chi connectivity index (χ2n) is 2.58. The summed E-state index contributed by atoms with van der Waals surface area (Å²) in [6.07, 6.45) is 0.648. The fraction of sp³-hybridized carbons (Fsp3) is 0.833. The third-order valence-corrected chi connectivity index (χ3v) is 1.82. The number of Topliss-reactive ketones (excluding diaryl/α,β-unsaturated/α-hetero) is 1. The molecule has 1 rings (SSSR count). The Hall–Kier alpha value is -1.06. The summed E-state index contributed by atoms with van der Waals surface area (Å²) < 4.78 is 0. The summed E-state index contributed by atoms with van der Waals surface area (Å²) in [5, 5.41) is 12.5. The minimum atomic E-state index is -1.07. The van der Waals surface area contributed by atoms with E-state index in [-0.39, 0.29) is 5.78 Å². The van der Waals surface area contributed by atoms with Crippen LogP contribution in [-0.4, -0.2) is 23.0 Å². The largest absolute Gasteiger partial charge is 0.385 e. The van der Waals surface area contributed by atoms with Crippen molar-refractivity contribution < 1.29 is 9.90 Å². The van der Waals surface area contributed by atoms with Crippen molar-refractivity contribution in [1.29, 1.82) is 0 Å². The molecule has 0 amide bonds. The Balaban J connectivity index is 2.65. The molecule has 1 N–H and O–H groups in total. The highest BCUT2D eigenvalue weighted by Gasteiger charge is 2.28. The molecule has 0 saturated heterocycles. The van der Waals surface area contributed by atoms with Gasteiger partial charge >= 0.3 is 0 Å². The average molecular weight is 155 g/mol. The van der Waals surface area contributed by atoms with Gasteiger partial charge in [0.25, 0.3) is 0 Å². The molecule has 0 aliphatic heterocycles. The van der Waals surface area contributed by atoms with Crippen molar-refractivity contribution in [3.8, 4) is 0 Å². The van der Waals surface area contributed by atoms with Gasteiger partial charge in [0.15, 0.2) is 5.78 Å². The second-order valence-corrected chi connectivity index (χ2v) is 2.58. The maximum atomic E-state index is 10.8. The van der Waals surface area contributed by atoms with E-state index in [1.807, 2.05) is 0 Å². The zero-order valence-electron chi connectivity index (χ0n) is 5.97. The molecule has 2 atom stereocenters. The molecule has 0 aromatic carbocycles. The standard InChI is InChI=1S/C6H9N3O2/c7-9-8-4-2-1-3-5(10)6(4)11/h4,6,11H,1-3H2/t4-,6+/m1/s1. The number of aliphatic hydroxyl groups is 1. The normalized spacial score (nSPS) is 31.2. The van der Waals surface area contributed by atoms with E-state index in [1.54, 1.807) is 0 Å². The summed E-state index contributed by atoms with van der Waals surface area (Å²) in [6.45, 7) is 0. The molecule has 0 heterocycles. The van der Waals surface area contributed by atoms with E-state index in [0.717, 1.165) is 0 Å². The summed E-state index contributed by atoms with van der Waals surface area (Å²) in [5.74, 6) is -0.214. The highest BCUT2D eigenvalue weighted by Crippen LogP contribution is 2.18. The number of carbonyl (C=O) groups is 1. The summed E-state index contributed by atoms with van der Waals surface area (Å²) >= 11 is 0. The van der Waals surface area contributed by atoms with E-state index in [2.05, 4.69) is 10.0 Å². The molecular weight excluding hydrogens is 146 g/mol. The van der Waals surface area contributed by atoms with Gasteiger partial charge in [-0.05, 0) is 18.4 Å². The Kier molecular flexibility index (Phi) is 2.46. The van der Waals surface area contributed by atoms with Crippen LogP contribution in [0.15, 0.2) is 5.11 Å². The molecule has 1 aliphatic carbocycles. The predicted octanol–water partition coefficient (Wildman–Crippen LogP) is 0.779. The molecule has 11 heavy (non-hydrogen) atoms. The topological polar surface area (TPSA) is 86.1 Å². The molecule has 0 bridgehead atoms. The number of nitrogens with zero attached hydrogens (tertiary/aromatic N) is 3. The van der Waals surface area contributed by atoms with Gasteiger partial charge in [-0.15, -0.1) is 0 Å². The van der Waals surface area contributed by atoms with Crippen molar-refractivity contribution in [2.45, 2.75) is 31.4 Å². The van der Waals surface area contributed by atoms with Crippen LogP contribution >= 0.6 is 0 Å². The SMILES string of the molecule is [N-]=[N+]=N[C@@H]1CCCC(=O)[C@H]1O. The predicted molar refractivity (Wildman–Crippen MR) is 37.8 cm³/mol. The van der Waals surface area contributed by atoms with E-state index in [1.165, 1.54) is 0 Å². The van der Waals surface area contributed by atoms with Crippen molar-refractivity contribution in [3.63, 3.8) is 0 Å². The number of aliphatic hydroxyl groups excluding tert-OH is 1. The number of carbonyl (C=O) groups excluding carboxylic acids is 1. The lowest BCUT2D eigenvalue weighted by atomic mass is 9.92. The number of azide groups is 1. The summed E-state index contributed by atoms with van der Waals surface area (Å²) in [5.41, 5.74) is 8.06. The van der Waals surface area contributed by atoms with Crippen LogP contribution in [0, 0.1) is 0 Å². The van der Waals surface area contributed by atoms with Crippen molar-refractivity contribution in [2.24, 2.45) is 5.11 Å². The molecule has 1 saturated carbocycles. The van der Waals surface area contributed by atoms with E-state index in [9.17, 15) is 4.79 Å². The average Bonchev–Trinajstić information content (AvgIpc) is 1.99. The molecule has 1 aliphatic rings. The van der Waals surface area contributed by atoms with Crippen LogP contribution in [-0.2, 0) is 4.79 Å². The molecule has 0 unspecified atom stereocenters. The van der Waals surface area contributed by atoms with E-state index in [0.29, 0.717) is 19.3 Å². The molecule has 0 spiro atoms. The highest BCUT2D eigenvalue weighted by molar-refractivity contribution is 5.84. The van der Waals surface area contributed by atoms with Gasteiger partial charge in [-0.2, -0.15) is 0 Å². The van der Waals surface area contributed by atoms with Gasteiger partial charge in [0.05, 0.1) is 6.04 Å². The van der Waals surface area contributed by atoms with Crippen molar-refractivity contribution in [1.82, 2.24) is 0 Å². The fourth-order valence-corrected chi connectivity index (χ4v) is 1.19. The van der Waals surface area contributed by atoms with Crippen LogP contribution in [0.2, 0.25) is 0 Å². The molecule has 5 nitrogen and oxygen atoms in total. The zero-order chi connectivity index (χ0) is 8.27. The van der Waals surface area contributed by atoms with Gasteiger partial charge in [-0.25, -0.2) is 0 Å². The van der Waals surface area contributed by atoms with Crippen LogP contribution < -0.4 is 0 Å². The molecule has 0 radical (unpaired) electrons. The summed E-state index contributed by atoms with van der Waals surface area (Å²) in [7, 11) is 0. The van der Waals surface area contributed by atoms with Crippen LogP contribution in [0.4, 0.5) is 0 Å². The van der Waals surface area contributed by atoms with E-state index in [4.69, 9.17) is 10.6 Å². The number of rotatable bonds is 1. The third-order valence-electron chi connectivity index (χ3n) is 1.82. The highest BCUT2D eigenvalue weighted by atomic mass is 16.3. The Morgan fingerprint density at radius 3 is 3.09 bits per heavy atom. The first-order valence-corrected chi connectivity index (χ1v) is 3.50. The molecule has 0 aromatic heterocycles. The van der Waals surface area contributed by atoms with Gasteiger partial charge in [-0.1, -0.05) is 5.11 Å². The maximum absolute atomic E-state index is 10.8. The quantitative estimate of drug-likeness (QED) is 0.344. The van der Waals surface area contributed by atoms with Crippen LogP contribution in [0.25, 0.3) is 10.4 Å². The van der Waals surface area contributed by atoms with E-state index >= 15 is 0 Å². The first kappa shape index (κ1) is 8.04. The third kappa shape index (κ3) is 1.69. The second kappa shape index (κ2) is 3.37. The Morgan fingerprint density at radius 2 is 2.45 bits per heavy atom. The van der Waals surface area contributed by atoms with Crippen molar-refractivity contribution in [2.75, 3.05) is 0 Å². The van der Waals surface area contributed by atoms with Gasteiger partial charge < -0.3 is 5.11 Å². The Morgan fingerprint density at radius 1 is 1.73 bits per heavy atom. The van der Waals surface area contributed by atoms with Gasteiger partial charge in [0, 0.05) is 11.3 Å². The minimum Gasteiger partial charge on any atom is -0.385 e. The molecule has 0 aromatic rings. The lowest BCUT2D eigenvalue weighted by Crippen LogP contribution is -2.36. The fourth-order valence-electron chi connectivity index (χ4n) is 1.19. The van der Waals surface area contributed by atoms with Crippen LogP contribution in [0.5, 0.6) is 0 Å². The number of hydrogen-bond donors (Lipinski definition) is 1.